The van der Waals surface area contributed by atoms with Crippen LogP contribution in [0.15, 0.2) is 42.6 Å². The van der Waals surface area contributed by atoms with Crippen molar-refractivity contribution in [2.75, 3.05) is 6.54 Å². The third kappa shape index (κ3) is 4.18. The summed E-state index contributed by atoms with van der Waals surface area (Å²) in [5, 5.41) is 17.6. The number of hydrogen-bond donors (Lipinski definition) is 2. The van der Waals surface area contributed by atoms with Gasteiger partial charge in [0.15, 0.2) is 0 Å². The van der Waals surface area contributed by atoms with Gasteiger partial charge in [0.1, 0.15) is 0 Å². The summed E-state index contributed by atoms with van der Waals surface area (Å²) in [6.07, 6.45) is 2.51. The molecule has 0 aliphatic rings. The van der Waals surface area contributed by atoms with Crippen molar-refractivity contribution in [1.82, 2.24) is 15.1 Å². The normalized spacial score (nSPS) is 12.8. The van der Waals surface area contributed by atoms with E-state index in [1.54, 1.807) is 0 Å². The number of aromatic nitrogens is 2. The molecule has 1 atom stereocenters. The van der Waals surface area contributed by atoms with Crippen LogP contribution in [0.5, 0.6) is 0 Å². The first-order valence-electron chi connectivity index (χ1n) is 7.15. The maximum Gasteiger partial charge on any atom is 0.0766 e. The number of nitrogens with one attached hydrogen (secondary N) is 1. The number of benzene rings is 1. The fourth-order valence-electron chi connectivity index (χ4n) is 1.98. The van der Waals surface area contributed by atoms with Crippen LogP contribution in [-0.4, -0.2) is 27.5 Å². The van der Waals surface area contributed by atoms with E-state index in [-0.39, 0.29) is 6.10 Å². The van der Waals surface area contributed by atoms with Crippen LogP contribution in [0, 0.1) is 5.92 Å². The molecule has 0 radical (unpaired) electrons. The second-order valence-electron chi connectivity index (χ2n) is 5.36. The molecule has 1 unspecified atom stereocenters. The van der Waals surface area contributed by atoms with Crippen molar-refractivity contribution < 1.29 is 5.11 Å². The fourth-order valence-corrected chi connectivity index (χ4v) is 1.98. The highest BCUT2D eigenvalue weighted by molar-refractivity contribution is 5.30. The predicted octanol–water partition coefficient (Wildman–Crippen LogP) is 2.37. The van der Waals surface area contributed by atoms with Crippen LogP contribution in [0.25, 0.3) is 5.69 Å². The molecule has 1 aromatic carbocycles. The lowest BCUT2D eigenvalue weighted by atomic mass is 10.0. The van der Waals surface area contributed by atoms with Gasteiger partial charge in [-0.1, -0.05) is 32.0 Å². The zero-order chi connectivity index (χ0) is 14.4. The second kappa shape index (κ2) is 7.22. The number of hydrogen-bond acceptors (Lipinski definition) is 3. The molecule has 20 heavy (non-hydrogen) atoms. The van der Waals surface area contributed by atoms with Gasteiger partial charge in [-0.25, -0.2) is 4.68 Å². The molecule has 0 fully saturated rings. The van der Waals surface area contributed by atoms with E-state index >= 15 is 0 Å². The Kier molecular flexibility index (Phi) is 5.32. The van der Waals surface area contributed by atoms with Crippen LogP contribution in [0.2, 0.25) is 0 Å². The van der Waals surface area contributed by atoms with E-state index < -0.39 is 0 Å². The maximum atomic E-state index is 9.72. The molecule has 0 saturated carbocycles. The van der Waals surface area contributed by atoms with Gasteiger partial charge in [0, 0.05) is 12.7 Å². The van der Waals surface area contributed by atoms with Gasteiger partial charge in [-0.15, -0.1) is 0 Å². The van der Waals surface area contributed by atoms with Gasteiger partial charge in [-0.2, -0.15) is 5.10 Å². The molecule has 2 N–H and O–H groups in total. The van der Waals surface area contributed by atoms with Gasteiger partial charge in [0.25, 0.3) is 0 Å². The van der Waals surface area contributed by atoms with Crippen LogP contribution in [0.4, 0.5) is 0 Å². The highest BCUT2D eigenvalue weighted by Gasteiger charge is 2.08. The van der Waals surface area contributed by atoms with Crippen LogP contribution < -0.4 is 5.32 Å². The molecule has 108 valence electrons. The topological polar surface area (TPSA) is 50.1 Å². The number of rotatable bonds is 7. The molecular weight excluding hydrogens is 250 g/mol. The quantitative estimate of drug-likeness (QED) is 0.761. The minimum atomic E-state index is -0.232. The highest BCUT2D eigenvalue weighted by Crippen LogP contribution is 2.07. The molecule has 4 heteroatoms. The third-order valence-corrected chi connectivity index (χ3v) is 3.36. The largest absolute Gasteiger partial charge is 0.393 e. The van der Waals surface area contributed by atoms with Gasteiger partial charge >= 0.3 is 0 Å². The smallest absolute Gasteiger partial charge is 0.0766 e. The molecule has 0 bridgehead atoms. The number of aliphatic hydroxyl groups excluding tert-OH is 1. The first-order valence-corrected chi connectivity index (χ1v) is 7.15. The molecule has 0 amide bonds. The van der Waals surface area contributed by atoms with E-state index in [9.17, 15) is 5.11 Å². The Morgan fingerprint density at radius 1 is 1.20 bits per heavy atom. The van der Waals surface area contributed by atoms with Crippen molar-refractivity contribution in [2.24, 2.45) is 5.92 Å². The van der Waals surface area contributed by atoms with Crippen LogP contribution in [0.3, 0.4) is 0 Å². The SMILES string of the molecule is CC(C)C(O)CCNCc1ccn(-c2ccccc2)n1. The van der Waals surface area contributed by atoms with Crippen molar-refractivity contribution in [3.8, 4) is 5.69 Å². The van der Waals surface area contributed by atoms with Gasteiger partial charge in [0.2, 0.25) is 0 Å². The third-order valence-electron chi connectivity index (χ3n) is 3.36. The monoisotopic (exact) mass is 273 g/mol. The minimum Gasteiger partial charge on any atom is -0.393 e. The molecule has 0 aliphatic heterocycles. The van der Waals surface area contributed by atoms with E-state index in [4.69, 9.17) is 0 Å². The van der Waals surface area contributed by atoms with Crippen LogP contribution >= 0.6 is 0 Å². The molecule has 1 heterocycles. The van der Waals surface area contributed by atoms with E-state index in [0.717, 1.165) is 30.9 Å². The van der Waals surface area contributed by atoms with Crippen molar-refractivity contribution in [1.29, 1.82) is 0 Å². The summed E-state index contributed by atoms with van der Waals surface area (Å²) in [6.45, 7) is 5.60. The van der Waals surface area contributed by atoms with E-state index in [0.29, 0.717) is 5.92 Å². The van der Waals surface area contributed by atoms with Crippen molar-refractivity contribution in [3.05, 3.63) is 48.3 Å². The fraction of sp³-hybridized carbons (Fsp3) is 0.438. The zero-order valence-electron chi connectivity index (χ0n) is 12.2. The standard InChI is InChI=1S/C16H23N3O/c1-13(2)16(20)8-10-17-12-14-9-11-19(18-14)15-6-4-3-5-7-15/h3-7,9,11,13,16-17,20H,8,10,12H2,1-2H3. The number of nitrogens with zero attached hydrogens (tertiary/aromatic N) is 2. The summed E-state index contributed by atoms with van der Waals surface area (Å²) >= 11 is 0. The summed E-state index contributed by atoms with van der Waals surface area (Å²) < 4.78 is 1.87. The zero-order valence-corrected chi connectivity index (χ0v) is 12.2. The Morgan fingerprint density at radius 2 is 1.95 bits per heavy atom. The van der Waals surface area contributed by atoms with Gasteiger partial charge in [0.05, 0.1) is 17.5 Å². The summed E-state index contributed by atoms with van der Waals surface area (Å²) in [5.74, 6) is 0.314. The summed E-state index contributed by atoms with van der Waals surface area (Å²) in [6, 6.07) is 12.1. The molecule has 2 rings (SSSR count). The van der Waals surface area contributed by atoms with Crippen molar-refractivity contribution >= 4 is 0 Å². The van der Waals surface area contributed by atoms with Crippen LogP contribution in [0.1, 0.15) is 26.0 Å². The van der Waals surface area contributed by atoms with Gasteiger partial charge in [-0.3, -0.25) is 0 Å². The lowest BCUT2D eigenvalue weighted by Gasteiger charge is -2.14. The first-order chi connectivity index (χ1) is 9.66. The Labute approximate surface area is 120 Å². The summed E-state index contributed by atoms with van der Waals surface area (Å²) in [7, 11) is 0. The molecule has 2 aromatic rings. The lowest BCUT2D eigenvalue weighted by Crippen LogP contribution is -2.23. The Bertz CT molecular complexity index is 507. The number of aliphatic hydroxyl groups is 1. The second-order valence-corrected chi connectivity index (χ2v) is 5.36. The van der Waals surface area contributed by atoms with Crippen molar-refractivity contribution in [2.45, 2.75) is 32.9 Å². The number of para-hydroxylation sites is 1. The molecule has 0 saturated heterocycles. The van der Waals surface area contributed by atoms with Gasteiger partial charge in [-0.05, 0) is 37.1 Å². The van der Waals surface area contributed by atoms with Gasteiger partial charge < -0.3 is 10.4 Å². The summed E-state index contributed by atoms with van der Waals surface area (Å²) in [5.41, 5.74) is 2.07. The summed E-state index contributed by atoms with van der Waals surface area (Å²) in [4.78, 5) is 0. The molecule has 0 spiro atoms. The maximum absolute atomic E-state index is 9.72. The average molecular weight is 273 g/mol. The molecular formula is C16H23N3O. The van der Waals surface area contributed by atoms with Crippen molar-refractivity contribution in [3.63, 3.8) is 0 Å². The Balaban J connectivity index is 1.79. The highest BCUT2D eigenvalue weighted by atomic mass is 16.3. The Morgan fingerprint density at radius 3 is 2.65 bits per heavy atom. The first kappa shape index (κ1) is 14.8. The van der Waals surface area contributed by atoms with Crippen LogP contribution in [-0.2, 0) is 6.54 Å². The van der Waals surface area contributed by atoms with E-state index in [1.165, 1.54) is 0 Å². The molecule has 1 aromatic heterocycles. The molecule has 0 aliphatic carbocycles. The predicted molar refractivity (Wildman–Crippen MR) is 80.7 cm³/mol. The molecule has 4 nitrogen and oxygen atoms in total. The minimum absolute atomic E-state index is 0.232. The lowest BCUT2D eigenvalue weighted by molar-refractivity contribution is 0.116. The average Bonchev–Trinajstić information content (AvgIpc) is 2.93. The Hall–Kier alpha value is -1.65. The van der Waals surface area contributed by atoms with E-state index in [1.807, 2.05) is 61.1 Å². The van der Waals surface area contributed by atoms with E-state index in [2.05, 4.69) is 10.4 Å².